The van der Waals surface area contributed by atoms with E-state index in [1.165, 1.54) is 5.56 Å². The fourth-order valence-electron chi connectivity index (χ4n) is 3.04. The molecule has 2 aliphatic rings. The van der Waals surface area contributed by atoms with Gasteiger partial charge in [-0.25, -0.2) is 4.99 Å². The standard InChI is InChI=1S/C20H31N3O3/c1-4-21-19(23-12-20(3)13-25-14-20)22-10-16-6-5-15(2)9-18(16)26-17-7-8-24-11-17/h5-6,9,17H,4,7-8,10-14H2,1-3H3,(H2,21,22,23). The fourth-order valence-corrected chi connectivity index (χ4v) is 3.04. The first-order chi connectivity index (χ1) is 12.6. The highest BCUT2D eigenvalue weighted by molar-refractivity contribution is 5.79. The largest absolute Gasteiger partial charge is 0.488 e. The molecule has 0 bridgehead atoms. The molecule has 6 nitrogen and oxygen atoms in total. The highest BCUT2D eigenvalue weighted by atomic mass is 16.5. The van der Waals surface area contributed by atoms with E-state index in [9.17, 15) is 0 Å². The molecule has 1 atom stereocenters. The van der Waals surface area contributed by atoms with Crippen molar-refractivity contribution in [1.82, 2.24) is 10.6 Å². The Morgan fingerprint density at radius 3 is 2.81 bits per heavy atom. The van der Waals surface area contributed by atoms with Crippen LogP contribution < -0.4 is 15.4 Å². The maximum Gasteiger partial charge on any atom is 0.191 e. The Kier molecular flexibility index (Phi) is 6.38. The van der Waals surface area contributed by atoms with Gasteiger partial charge in [0.25, 0.3) is 0 Å². The maximum absolute atomic E-state index is 6.17. The van der Waals surface area contributed by atoms with Crippen molar-refractivity contribution in [3.05, 3.63) is 29.3 Å². The first kappa shape index (κ1) is 19.0. The predicted octanol–water partition coefficient (Wildman–Crippen LogP) is 2.25. The second-order valence-electron chi connectivity index (χ2n) is 7.57. The van der Waals surface area contributed by atoms with E-state index < -0.39 is 0 Å². The molecular weight excluding hydrogens is 330 g/mol. The second kappa shape index (κ2) is 8.73. The van der Waals surface area contributed by atoms with Crippen LogP contribution in [0, 0.1) is 12.3 Å². The molecule has 1 aromatic rings. The molecule has 2 saturated heterocycles. The van der Waals surface area contributed by atoms with E-state index in [0.717, 1.165) is 56.6 Å². The van der Waals surface area contributed by atoms with Crippen LogP contribution in [0.15, 0.2) is 23.2 Å². The molecule has 26 heavy (non-hydrogen) atoms. The Morgan fingerprint density at radius 1 is 1.31 bits per heavy atom. The topological polar surface area (TPSA) is 64.1 Å². The summed E-state index contributed by atoms with van der Waals surface area (Å²) in [7, 11) is 0. The summed E-state index contributed by atoms with van der Waals surface area (Å²) >= 11 is 0. The average molecular weight is 361 g/mol. The third-order valence-corrected chi connectivity index (χ3v) is 4.74. The van der Waals surface area contributed by atoms with Crippen molar-refractivity contribution < 1.29 is 14.2 Å². The molecule has 1 aromatic carbocycles. The van der Waals surface area contributed by atoms with Crippen molar-refractivity contribution >= 4 is 5.96 Å². The van der Waals surface area contributed by atoms with Gasteiger partial charge in [-0.15, -0.1) is 0 Å². The van der Waals surface area contributed by atoms with Crippen LogP contribution in [0.2, 0.25) is 0 Å². The summed E-state index contributed by atoms with van der Waals surface area (Å²) in [5.74, 6) is 1.75. The smallest absolute Gasteiger partial charge is 0.191 e. The van der Waals surface area contributed by atoms with Gasteiger partial charge in [0, 0.05) is 30.5 Å². The van der Waals surface area contributed by atoms with Gasteiger partial charge < -0.3 is 24.8 Å². The van der Waals surface area contributed by atoms with E-state index in [0.29, 0.717) is 13.2 Å². The molecule has 0 aliphatic carbocycles. The van der Waals surface area contributed by atoms with Crippen molar-refractivity contribution in [2.24, 2.45) is 10.4 Å². The predicted molar refractivity (Wildman–Crippen MR) is 103 cm³/mol. The van der Waals surface area contributed by atoms with Crippen molar-refractivity contribution in [1.29, 1.82) is 0 Å². The molecular formula is C20H31N3O3. The minimum atomic E-state index is 0.143. The van der Waals surface area contributed by atoms with Crippen molar-refractivity contribution in [3.63, 3.8) is 0 Å². The van der Waals surface area contributed by atoms with Crippen LogP contribution in [0.3, 0.4) is 0 Å². The fraction of sp³-hybridized carbons (Fsp3) is 0.650. The zero-order valence-electron chi connectivity index (χ0n) is 16.1. The summed E-state index contributed by atoms with van der Waals surface area (Å²) in [5, 5.41) is 6.75. The van der Waals surface area contributed by atoms with E-state index in [1.807, 2.05) is 0 Å². The quantitative estimate of drug-likeness (QED) is 0.576. The number of aryl methyl sites for hydroxylation is 1. The van der Waals surface area contributed by atoms with Gasteiger partial charge >= 0.3 is 0 Å². The van der Waals surface area contributed by atoms with E-state index in [4.69, 9.17) is 19.2 Å². The molecule has 2 N–H and O–H groups in total. The number of guanidine groups is 1. The van der Waals surface area contributed by atoms with E-state index >= 15 is 0 Å². The van der Waals surface area contributed by atoms with Crippen LogP contribution in [-0.4, -0.2) is 51.6 Å². The Labute approximate surface area is 156 Å². The summed E-state index contributed by atoms with van der Waals surface area (Å²) in [5.41, 5.74) is 2.49. The average Bonchev–Trinajstić information content (AvgIpc) is 3.10. The minimum Gasteiger partial charge on any atom is -0.488 e. The molecule has 3 rings (SSSR count). The number of aliphatic imine (C=N–C) groups is 1. The van der Waals surface area contributed by atoms with Gasteiger partial charge in [0.15, 0.2) is 5.96 Å². The molecule has 6 heteroatoms. The van der Waals surface area contributed by atoms with Crippen LogP contribution in [0.5, 0.6) is 5.75 Å². The van der Waals surface area contributed by atoms with Crippen molar-refractivity contribution in [2.75, 3.05) is 39.5 Å². The summed E-state index contributed by atoms with van der Waals surface area (Å²) < 4.78 is 16.9. The van der Waals surface area contributed by atoms with Crippen LogP contribution >= 0.6 is 0 Å². The lowest BCUT2D eigenvalue weighted by atomic mass is 9.89. The third kappa shape index (κ3) is 5.11. The number of nitrogens with zero attached hydrogens (tertiary/aromatic N) is 1. The molecule has 2 heterocycles. The Balaban J connectivity index is 1.65. The van der Waals surface area contributed by atoms with Crippen LogP contribution in [0.4, 0.5) is 0 Å². The molecule has 0 amide bonds. The van der Waals surface area contributed by atoms with Gasteiger partial charge in [-0.2, -0.15) is 0 Å². The Bertz CT molecular complexity index is 623. The maximum atomic E-state index is 6.17. The number of rotatable bonds is 7. The van der Waals surface area contributed by atoms with Gasteiger partial charge in [0.2, 0.25) is 0 Å². The summed E-state index contributed by atoms with van der Waals surface area (Å²) in [6.45, 7) is 11.7. The molecule has 2 aliphatic heterocycles. The highest BCUT2D eigenvalue weighted by Gasteiger charge is 2.33. The number of ether oxygens (including phenoxy) is 3. The zero-order valence-corrected chi connectivity index (χ0v) is 16.1. The summed E-state index contributed by atoms with van der Waals surface area (Å²) in [6.07, 6.45) is 1.09. The first-order valence-electron chi connectivity index (χ1n) is 9.52. The zero-order chi connectivity index (χ0) is 18.4. The Hall–Kier alpha value is -1.79. The van der Waals surface area contributed by atoms with Gasteiger partial charge in [-0.05, 0) is 25.5 Å². The van der Waals surface area contributed by atoms with E-state index in [1.54, 1.807) is 0 Å². The molecule has 0 spiro atoms. The third-order valence-electron chi connectivity index (χ3n) is 4.74. The van der Waals surface area contributed by atoms with Gasteiger partial charge in [0.1, 0.15) is 11.9 Å². The number of nitrogens with one attached hydrogen (secondary N) is 2. The Morgan fingerprint density at radius 2 is 2.15 bits per heavy atom. The SMILES string of the molecule is CCNC(=NCc1ccc(C)cc1OC1CCOC1)NCC1(C)COC1. The van der Waals surface area contributed by atoms with Gasteiger partial charge in [0.05, 0.1) is 33.0 Å². The van der Waals surface area contributed by atoms with Crippen molar-refractivity contribution in [3.8, 4) is 5.75 Å². The van der Waals surface area contributed by atoms with Crippen LogP contribution in [0.25, 0.3) is 0 Å². The van der Waals surface area contributed by atoms with Gasteiger partial charge in [-0.3, -0.25) is 0 Å². The minimum absolute atomic E-state index is 0.143. The van der Waals surface area contributed by atoms with E-state index in [2.05, 4.69) is 49.6 Å². The molecule has 0 saturated carbocycles. The lowest BCUT2D eigenvalue weighted by Gasteiger charge is -2.38. The second-order valence-corrected chi connectivity index (χ2v) is 7.57. The van der Waals surface area contributed by atoms with Crippen LogP contribution in [-0.2, 0) is 16.0 Å². The molecule has 1 unspecified atom stereocenters. The number of benzene rings is 1. The monoisotopic (exact) mass is 361 g/mol. The van der Waals surface area contributed by atoms with Crippen LogP contribution in [0.1, 0.15) is 31.4 Å². The number of hydrogen-bond donors (Lipinski definition) is 2. The summed E-state index contributed by atoms with van der Waals surface area (Å²) in [4.78, 5) is 4.75. The molecule has 0 aromatic heterocycles. The lowest BCUT2D eigenvalue weighted by molar-refractivity contribution is -0.0971. The highest BCUT2D eigenvalue weighted by Crippen LogP contribution is 2.26. The molecule has 144 valence electrons. The molecule has 2 fully saturated rings. The molecule has 0 radical (unpaired) electrons. The lowest BCUT2D eigenvalue weighted by Crippen LogP contribution is -2.51. The van der Waals surface area contributed by atoms with Crippen molar-refractivity contribution in [2.45, 2.75) is 39.8 Å². The van der Waals surface area contributed by atoms with Gasteiger partial charge in [-0.1, -0.05) is 19.1 Å². The number of hydrogen-bond acceptors (Lipinski definition) is 4. The summed E-state index contributed by atoms with van der Waals surface area (Å²) in [6, 6.07) is 6.31. The first-order valence-corrected chi connectivity index (χ1v) is 9.52. The normalized spacial score (nSPS) is 22.0. The van der Waals surface area contributed by atoms with E-state index in [-0.39, 0.29) is 11.5 Å².